The lowest BCUT2D eigenvalue weighted by molar-refractivity contribution is 0.929. The Morgan fingerprint density at radius 3 is 2.94 bits per heavy atom. The maximum Gasteiger partial charge on any atom is 0.140 e. The fourth-order valence-corrected chi connectivity index (χ4v) is 3.31. The van der Waals surface area contributed by atoms with Crippen molar-refractivity contribution in [3.8, 4) is 0 Å². The van der Waals surface area contributed by atoms with Gasteiger partial charge in [-0.1, -0.05) is 13.8 Å². The van der Waals surface area contributed by atoms with Crippen LogP contribution >= 0.6 is 23.5 Å². The second-order valence-electron chi connectivity index (χ2n) is 3.97. The molecule has 1 aromatic rings. The third-order valence-electron chi connectivity index (χ3n) is 2.60. The lowest BCUT2D eigenvalue weighted by Gasteiger charge is -2.10. The summed E-state index contributed by atoms with van der Waals surface area (Å²) in [4.78, 5) is 9.33. The van der Waals surface area contributed by atoms with Crippen molar-refractivity contribution < 1.29 is 0 Å². The molecule has 1 aliphatic rings. The highest BCUT2D eigenvalue weighted by Gasteiger charge is 2.19. The third-order valence-corrected chi connectivity index (χ3v) is 4.44. The Hall–Kier alpha value is -0.420. The number of aromatic nitrogens is 2. The number of rotatable bonds is 6. The van der Waals surface area contributed by atoms with Gasteiger partial charge in [0.15, 0.2) is 0 Å². The molecule has 0 radical (unpaired) electrons. The molecule has 3 nitrogen and oxygen atoms in total. The van der Waals surface area contributed by atoms with E-state index < -0.39 is 0 Å². The second-order valence-corrected chi connectivity index (χ2v) is 6.23. The zero-order chi connectivity index (χ0) is 12.1. The summed E-state index contributed by atoms with van der Waals surface area (Å²) in [6.45, 7) is 5.34. The van der Waals surface area contributed by atoms with Gasteiger partial charge in [0.25, 0.3) is 0 Å². The fourth-order valence-electron chi connectivity index (χ4n) is 1.75. The Bertz CT molecular complexity index is 382. The molecule has 0 unspecified atom stereocenters. The number of anilines is 1. The number of fused-ring (bicyclic) bond motifs is 1. The summed E-state index contributed by atoms with van der Waals surface area (Å²) in [5.41, 5.74) is 2.57. The molecular weight excluding hydrogens is 250 g/mol. The molecule has 0 spiro atoms. The Morgan fingerprint density at radius 2 is 2.18 bits per heavy atom. The van der Waals surface area contributed by atoms with Crippen LogP contribution in [0.1, 0.15) is 37.4 Å². The Morgan fingerprint density at radius 1 is 1.29 bits per heavy atom. The number of hydrogen-bond donors (Lipinski definition) is 1. The third kappa shape index (κ3) is 3.28. The second kappa shape index (κ2) is 6.50. The van der Waals surface area contributed by atoms with Crippen LogP contribution in [0, 0.1) is 0 Å². The topological polar surface area (TPSA) is 37.8 Å². The van der Waals surface area contributed by atoms with Crippen LogP contribution in [-0.2, 0) is 17.3 Å². The molecule has 0 fully saturated rings. The minimum atomic E-state index is 0.926. The van der Waals surface area contributed by atoms with Crippen molar-refractivity contribution in [3.05, 3.63) is 17.1 Å². The number of nitrogens with one attached hydrogen (secondary N) is 1. The van der Waals surface area contributed by atoms with Gasteiger partial charge in [0.05, 0.1) is 11.4 Å². The van der Waals surface area contributed by atoms with Crippen LogP contribution in [0.25, 0.3) is 0 Å². The van der Waals surface area contributed by atoms with Crippen LogP contribution in [0.3, 0.4) is 0 Å². The van der Waals surface area contributed by atoms with Gasteiger partial charge in [0.2, 0.25) is 0 Å². The molecule has 0 aromatic carbocycles. The van der Waals surface area contributed by atoms with E-state index in [0.717, 1.165) is 47.6 Å². The van der Waals surface area contributed by atoms with E-state index in [1.165, 1.54) is 11.3 Å². The molecule has 0 amide bonds. The van der Waals surface area contributed by atoms with E-state index in [1.54, 1.807) is 0 Å². The van der Waals surface area contributed by atoms with E-state index in [-0.39, 0.29) is 0 Å². The molecule has 1 N–H and O–H groups in total. The van der Waals surface area contributed by atoms with Crippen molar-refractivity contribution in [2.45, 2.75) is 37.5 Å². The zero-order valence-electron chi connectivity index (χ0n) is 10.5. The predicted octanol–water partition coefficient (Wildman–Crippen LogP) is 3.30. The van der Waals surface area contributed by atoms with E-state index >= 15 is 0 Å². The van der Waals surface area contributed by atoms with Gasteiger partial charge < -0.3 is 5.32 Å². The van der Waals surface area contributed by atoms with Crippen molar-refractivity contribution in [2.75, 3.05) is 17.6 Å². The van der Waals surface area contributed by atoms with Crippen LogP contribution in [0.5, 0.6) is 0 Å². The molecule has 0 atom stereocenters. The molecule has 0 aliphatic carbocycles. The molecular formula is C12H19N3S2. The standard InChI is InChI=1S/C12H19N3S2/c1-3-5-13-12-9-6-17-7-10(9)14-11(15-12)8-16-4-2/h3-8H2,1-2H3,(H,13,14,15). The zero-order valence-corrected chi connectivity index (χ0v) is 12.1. The van der Waals surface area contributed by atoms with E-state index in [4.69, 9.17) is 0 Å². The highest BCUT2D eigenvalue weighted by atomic mass is 32.2. The van der Waals surface area contributed by atoms with Crippen molar-refractivity contribution in [1.82, 2.24) is 9.97 Å². The summed E-state index contributed by atoms with van der Waals surface area (Å²) >= 11 is 3.81. The van der Waals surface area contributed by atoms with Gasteiger partial charge >= 0.3 is 0 Å². The van der Waals surface area contributed by atoms with Gasteiger partial charge in [-0.2, -0.15) is 23.5 Å². The largest absolute Gasteiger partial charge is 0.370 e. The lowest BCUT2D eigenvalue weighted by Crippen LogP contribution is -2.09. The molecule has 1 aromatic heterocycles. The molecule has 94 valence electrons. The maximum atomic E-state index is 4.67. The summed E-state index contributed by atoms with van der Waals surface area (Å²) in [5, 5.41) is 3.44. The summed E-state index contributed by atoms with van der Waals surface area (Å²) in [6.07, 6.45) is 1.13. The average Bonchev–Trinajstić information content (AvgIpc) is 2.81. The normalized spacial score (nSPS) is 13.8. The van der Waals surface area contributed by atoms with Crippen molar-refractivity contribution >= 4 is 29.3 Å². The molecule has 5 heteroatoms. The fraction of sp³-hybridized carbons (Fsp3) is 0.667. The van der Waals surface area contributed by atoms with Crippen LogP contribution in [0.4, 0.5) is 5.82 Å². The van der Waals surface area contributed by atoms with E-state index in [0.29, 0.717) is 0 Å². The molecule has 0 saturated carbocycles. The minimum Gasteiger partial charge on any atom is -0.370 e. The van der Waals surface area contributed by atoms with E-state index in [2.05, 4.69) is 29.1 Å². The van der Waals surface area contributed by atoms with Gasteiger partial charge in [0.1, 0.15) is 11.6 Å². The minimum absolute atomic E-state index is 0.926. The highest BCUT2D eigenvalue weighted by Crippen LogP contribution is 2.33. The first-order valence-electron chi connectivity index (χ1n) is 6.13. The summed E-state index contributed by atoms with van der Waals surface area (Å²) in [5.74, 6) is 6.21. The summed E-state index contributed by atoms with van der Waals surface area (Å²) in [6, 6.07) is 0. The first-order valence-corrected chi connectivity index (χ1v) is 8.44. The summed E-state index contributed by atoms with van der Waals surface area (Å²) in [7, 11) is 0. The monoisotopic (exact) mass is 269 g/mol. The van der Waals surface area contributed by atoms with Gasteiger partial charge in [-0.05, 0) is 12.2 Å². The smallest absolute Gasteiger partial charge is 0.140 e. The maximum absolute atomic E-state index is 4.67. The van der Waals surface area contributed by atoms with Gasteiger partial charge in [-0.3, -0.25) is 0 Å². The Kier molecular flexibility index (Phi) is 4.98. The van der Waals surface area contributed by atoms with Crippen LogP contribution < -0.4 is 5.32 Å². The number of hydrogen-bond acceptors (Lipinski definition) is 5. The first kappa shape index (κ1) is 13.0. The lowest BCUT2D eigenvalue weighted by atomic mass is 10.2. The average molecular weight is 269 g/mol. The van der Waals surface area contributed by atoms with Crippen molar-refractivity contribution in [3.63, 3.8) is 0 Å². The Labute approximate surface area is 112 Å². The van der Waals surface area contributed by atoms with Gasteiger partial charge in [-0.15, -0.1) is 0 Å². The predicted molar refractivity (Wildman–Crippen MR) is 77.6 cm³/mol. The Balaban J connectivity index is 2.19. The quantitative estimate of drug-likeness (QED) is 0.857. The van der Waals surface area contributed by atoms with Crippen molar-refractivity contribution in [2.24, 2.45) is 0 Å². The summed E-state index contributed by atoms with van der Waals surface area (Å²) < 4.78 is 0. The molecule has 2 heterocycles. The number of nitrogens with zero attached hydrogens (tertiary/aromatic N) is 2. The molecule has 17 heavy (non-hydrogen) atoms. The van der Waals surface area contributed by atoms with Crippen LogP contribution in [0.2, 0.25) is 0 Å². The van der Waals surface area contributed by atoms with Crippen LogP contribution in [-0.4, -0.2) is 22.3 Å². The van der Waals surface area contributed by atoms with Crippen LogP contribution in [0.15, 0.2) is 0 Å². The SMILES string of the molecule is CCCNc1nc(CSCC)nc2c1CSC2. The first-order chi connectivity index (χ1) is 8.35. The number of thioether (sulfide) groups is 2. The van der Waals surface area contributed by atoms with E-state index in [9.17, 15) is 0 Å². The molecule has 2 rings (SSSR count). The molecule has 0 bridgehead atoms. The van der Waals surface area contributed by atoms with Gasteiger partial charge in [-0.25, -0.2) is 9.97 Å². The highest BCUT2D eigenvalue weighted by molar-refractivity contribution is 7.98. The van der Waals surface area contributed by atoms with Gasteiger partial charge in [0, 0.05) is 23.6 Å². The molecule has 0 saturated heterocycles. The van der Waals surface area contributed by atoms with Crippen molar-refractivity contribution in [1.29, 1.82) is 0 Å². The van der Waals surface area contributed by atoms with E-state index in [1.807, 2.05) is 23.5 Å². The molecule has 1 aliphatic heterocycles.